The molecule has 16 heavy (non-hydrogen) atoms. The molecule has 0 heterocycles. The van der Waals surface area contributed by atoms with E-state index in [-0.39, 0.29) is 11.6 Å². The SMILES string of the molecule is NCC(NC1CC1)c1ccc(C(F)F)cc1. The summed E-state index contributed by atoms with van der Waals surface area (Å²) in [7, 11) is 0. The highest BCUT2D eigenvalue weighted by Crippen LogP contribution is 2.25. The molecule has 88 valence electrons. The van der Waals surface area contributed by atoms with Crippen LogP contribution in [0.15, 0.2) is 24.3 Å². The Balaban J connectivity index is 2.05. The molecule has 0 aromatic heterocycles. The number of hydrogen-bond acceptors (Lipinski definition) is 2. The zero-order chi connectivity index (χ0) is 11.5. The average Bonchev–Trinajstić information content (AvgIpc) is 3.10. The second-order valence-electron chi connectivity index (χ2n) is 4.20. The van der Waals surface area contributed by atoms with Crippen LogP contribution in [0.2, 0.25) is 0 Å². The quantitative estimate of drug-likeness (QED) is 0.809. The van der Waals surface area contributed by atoms with Gasteiger partial charge < -0.3 is 11.1 Å². The molecule has 1 saturated carbocycles. The summed E-state index contributed by atoms with van der Waals surface area (Å²) in [5.74, 6) is 0. The first-order chi connectivity index (χ1) is 7.70. The zero-order valence-electron chi connectivity index (χ0n) is 9.00. The Morgan fingerprint density at radius 2 is 1.75 bits per heavy atom. The number of halogens is 2. The molecule has 1 unspecified atom stereocenters. The maximum Gasteiger partial charge on any atom is 0.263 e. The summed E-state index contributed by atoms with van der Waals surface area (Å²) in [6.07, 6.45) is -0.0289. The van der Waals surface area contributed by atoms with Crippen LogP contribution in [-0.2, 0) is 0 Å². The predicted octanol–water partition coefficient (Wildman–Crippen LogP) is 2.38. The van der Waals surface area contributed by atoms with E-state index in [0.29, 0.717) is 12.6 Å². The van der Waals surface area contributed by atoms with E-state index in [1.165, 1.54) is 25.0 Å². The third-order valence-electron chi connectivity index (χ3n) is 2.84. The Bertz CT molecular complexity index is 333. The molecule has 1 atom stereocenters. The highest BCUT2D eigenvalue weighted by Gasteiger charge is 2.24. The van der Waals surface area contributed by atoms with Crippen LogP contribution in [0, 0.1) is 0 Å². The topological polar surface area (TPSA) is 38.0 Å². The largest absolute Gasteiger partial charge is 0.329 e. The standard InChI is InChI=1S/C12H16F2N2/c13-12(14)9-3-1-8(2-4-9)11(7-15)16-10-5-6-10/h1-4,10-12,16H,5-7,15H2. The number of rotatable bonds is 5. The van der Waals surface area contributed by atoms with Gasteiger partial charge in [-0.05, 0) is 18.4 Å². The van der Waals surface area contributed by atoms with E-state index in [4.69, 9.17) is 5.73 Å². The summed E-state index contributed by atoms with van der Waals surface area (Å²) < 4.78 is 24.7. The number of alkyl halides is 2. The second kappa shape index (κ2) is 4.89. The van der Waals surface area contributed by atoms with Gasteiger partial charge in [0.25, 0.3) is 6.43 Å². The Kier molecular flexibility index (Phi) is 3.51. The summed E-state index contributed by atoms with van der Waals surface area (Å²) in [4.78, 5) is 0. The molecule has 1 fully saturated rings. The van der Waals surface area contributed by atoms with E-state index in [1.54, 1.807) is 12.1 Å². The molecule has 2 rings (SSSR count). The van der Waals surface area contributed by atoms with Gasteiger partial charge in [0.05, 0.1) is 0 Å². The molecular weight excluding hydrogens is 210 g/mol. The van der Waals surface area contributed by atoms with Crippen molar-refractivity contribution in [2.45, 2.75) is 31.4 Å². The van der Waals surface area contributed by atoms with Crippen molar-refractivity contribution >= 4 is 0 Å². The van der Waals surface area contributed by atoms with Crippen molar-refractivity contribution in [3.8, 4) is 0 Å². The van der Waals surface area contributed by atoms with Crippen LogP contribution in [0.5, 0.6) is 0 Å². The minimum atomic E-state index is -2.40. The van der Waals surface area contributed by atoms with E-state index in [0.717, 1.165) is 5.56 Å². The van der Waals surface area contributed by atoms with Crippen LogP contribution in [0.3, 0.4) is 0 Å². The maximum absolute atomic E-state index is 12.4. The summed E-state index contributed by atoms with van der Waals surface area (Å²) in [5.41, 5.74) is 6.71. The first-order valence-electron chi connectivity index (χ1n) is 5.55. The number of nitrogens with two attached hydrogens (primary N) is 1. The van der Waals surface area contributed by atoms with Crippen LogP contribution in [0.4, 0.5) is 8.78 Å². The summed E-state index contributed by atoms with van der Waals surface area (Å²) in [6.45, 7) is 0.491. The normalized spacial score (nSPS) is 17.8. The minimum Gasteiger partial charge on any atom is -0.329 e. The van der Waals surface area contributed by atoms with Gasteiger partial charge in [0.15, 0.2) is 0 Å². The predicted molar refractivity (Wildman–Crippen MR) is 59.4 cm³/mol. The first kappa shape index (κ1) is 11.5. The molecule has 0 radical (unpaired) electrons. The van der Waals surface area contributed by atoms with Crippen LogP contribution in [0.25, 0.3) is 0 Å². The molecule has 1 aliphatic carbocycles. The highest BCUT2D eigenvalue weighted by molar-refractivity contribution is 5.26. The third-order valence-corrected chi connectivity index (χ3v) is 2.84. The summed E-state index contributed by atoms with van der Waals surface area (Å²) in [5, 5.41) is 3.39. The molecule has 3 N–H and O–H groups in total. The lowest BCUT2D eigenvalue weighted by molar-refractivity contribution is 0.151. The Morgan fingerprint density at radius 3 is 2.19 bits per heavy atom. The van der Waals surface area contributed by atoms with Crippen molar-refractivity contribution in [1.82, 2.24) is 5.32 Å². The Hall–Kier alpha value is -1.00. The van der Waals surface area contributed by atoms with E-state index in [1.807, 2.05) is 0 Å². The molecular formula is C12H16F2N2. The highest BCUT2D eigenvalue weighted by atomic mass is 19.3. The van der Waals surface area contributed by atoms with Crippen molar-refractivity contribution in [3.05, 3.63) is 35.4 Å². The number of hydrogen-bond donors (Lipinski definition) is 2. The van der Waals surface area contributed by atoms with E-state index in [2.05, 4.69) is 5.32 Å². The smallest absolute Gasteiger partial charge is 0.263 e. The number of nitrogens with one attached hydrogen (secondary N) is 1. The molecule has 0 bridgehead atoms. The lowest BCUT2D eigenvalue weighted by atomic mass is 10.0. The van der Waals surface area contributed by atoms with Gasteiger partial charge in [-0.2, -0.15) is 0 Å². The van der Waals surface area contributed by atoms with E-state index < -0.39 is 6.43 Å². The lowest BCUT2D eigenvalue weighted by Crippen LogP contribution is -2.29. The van der Waals surface area contributed by atoms with Gasteiger partial charge in [0, 0.05) is 24.2 Å². The molecule has 1 aliphatic rings. The minimum absolute atomic E-state index is 0.0611. The monoisotopic (exact) mass is 226 g/mol. The molecule has 0 spiro atoms. The van der Waals surface area contributed by atoms with Gasteiger partial charge in [0.2, 0.25) is 0 Å². The van der Waals surface area contributed by atoms with E-state index in [9.17, 15) is 8.78 Å². The van der Waals surface area contributed by atoms with Crippen molar-refractivity contribution in [2.75, 3.05) is 6.54 Å². The second-order valence-corrected chi connectivity index (χ2v) is 4.20. The van der Waals surface area contributed by atoms with Crippen molar-refractivity contribution in [3.63, 3.8) is 0 Å². The molecule has 2 nitrogen and oxygen atoms in total. The van der Waals surface area contributed by atoms with E-state index >= 15 is 0 Å². The molecule has 1 aromatic carbocycles. The first-order valence-corrected chi connectivity index (χ1v) is 5.55. The maximum atomic E-state index is 12.4. The Morgan fingerprint density at radius 1 is 1.19 bits per heavy atom. The van der Waals surface area contributed by atoms with Crippen LogP contribution < -0.4 is 11.1 Å². The van der Waals surface area contributed by atoms with Gasteiger partial charge in [-0.3, -0.25) is 0 Å². The van der Waals surface area contributed by atoms with Gasteiger partial charge in [-0.1, -0.05) is 24.3 Å². The fourth-order valence-corrected chi connectivity index (χ4v) is 1.71. The van der Waals surface area contributed by atoms with Gasteiger partial charge in [0.1, 0.15) is 0 Å². The van der Waals surface area contributed by atoms with Gasteiger partial charge in [-0.15, -0.1) is 0 Å². The average molecular weight is 226 g/mol. The molecule has 4 heteroatoms. The Labute approximate surface area is 93.8 Å². The van der Waals surface area contributed by atoms with Crippen molar-refractivity contribution in [2.24, 2.45) is 5.73 Å². The van der Waals surface area contributed by atoms with Crippen LogP contribution in [0.1, 0.15) is 36.4 Å². The van der Waals surface area contributed by atoms with Gasteiger partial charge >= 0.3 is 0 Å². The van der Waals surface area contributed by atoms with Gasteiger partial charge in [-0.25, -0.2) is 8.78 Å². The molecule has 0 aliphatic heterocycles. The third kappa shape index (κ3) is 2.77. The molecule has 0 amide bonds. The summed E-state index contributed by atoms with van der Waals surface area (Å²) >= 11 is 0. The number of benzene rings is 1. The van der Waals surface area contributed by atoms with Crippen LogP contribution >= 0.6 is 0 Å². The van der Waals surface area contributed by atoms with Crippen molar-refractivity contribution < 1.29 is 8.78 Å². The lowest BCUT2D eigenvalue weighted by Gasteiger charge is -2.17. The van der Waals surface area contributed by atoms with Crippen molar-refractivity contribution in [1.29, 1.82) is 0 Å². The molecule has 0 saturated heterocycles. The fraction of sp³-hybridized carbons (Fsp3) is 0.500. The summed E-state index contributed by atoms with van der Waals surface area (Å²) in [6, 6.07) is 7.04. The van der Waals surface area contributed by atoms with Crippen LogP contribution in [-0.4, -0.2) is 12.6 Å². The molecule has 1 aromatic rings. The zero-order valence-corrected chi connectivity index (χ0v) is 9.00. The fourth-order valence-electron chi connectivity index (χ4n) is 1.71.